The summed E-state index contributed by atoms with van der Waals surface area (Å²) in [5.74, 6) is 0. The van der Waals surface area contributed by atoms with E-state index in [2.05, 4.69) is 0 Å². The average Bonchev–Trinajstić information content (AvgIpc) is 1.67. The molecular weight excluding hydrogens is 157 g/mol. The zero-order valence-corrected chi connectivity index (χ0v) is 5.38. The summed E-state index contributed by atoms with van der Waals surface area (Å²) in [4.78, 5) is 0. The highest BCUT2D eigenvalue weighted by Gasteiger charge is 2.09. The summed E-state index contributed by atoms with van der Waals surface area (Å²) in [6, 6.07) is -0.173. The average molecular weight is 162 g/mol. The number of halogens is 2. The maximum Gasteiger partial charge on any atom is 0.253 e. The minimum atomic E-state index is -2.47. The van der Waals surface area contributed by atoms with Crippen molar-refractivity contribution in [3.63, 3.8) is 0 Å². The van der Waals surface area contributed by atoms with Gasteiger partial charge in [-0.1, -0.05) is 0 Å². The molecule has 0 fully saturated rings. The van der Waals surface area contributed by atoms with Crippen LogP contribution in [0.2, 0.25) is 0 Å². The van der Waals surface area contributed by atoms with Gasteiger partial charge in [-0.05, 0) is 0 Å². The Morgan fingerprint density at radius 3 is 2.62 bits per heavy atom. The predicted molar refractivity (Wildman–Crippen MR) is 29.5 cm³/mol. The largest absolute Gasteiger partial charge is 0.303 e. The first-order valence-electron chi connectivity index (χ1n) is 1.71. The molecule has 0 aromatic rings. The lowest BCUT2D eigenvalue weighted by molar-refractivity contribution is 0.367. The van der Waals surface area contributed by atoms with Crippen LogP contribution < -0.4 is 5.32 Å². The Kier molecular flexibility index (Phi) is 4.35. The van der Waals surface area contributed by atoms with E-state index in [4.69, 9.17) is 16.2 Å². The van der Waals surface area contributed by atoms with Crippen molar-refractivity contribution in [3.8, 4) is 0 Å². The van der Waals surface area contributed by atoms with Gasteiger partial charge in [0.25, 0.3) is 5.63 Å². The number of hydrogen-bond donors (Lipinski definition) is 2. The molecule has 0 saturated heterocycles. The molecule has 8 heavy (non-hydrogen) atoms. The maximum atomic E-state index is 11.8. The van der Waals surface area contributed by atoms with Crippen LogP contribution in [-0.4, -0.2) is 20.4 Å². The Morgan fingerprint density at radius 1 is 2.00 bits per heavy atom. The third-order valence-electron chi connectivity index (χ3n) is 0.415. The van der Waals surface area contributed by atoms with Crippen LogP contribution in [0.5, 0.6) is 0 Å². The van der Waals surface area contributed by atoms with Crippen molar-refractivity contribution in [3.05, 3.63) is 0 Å². The first kappa shape index (κ1) is 8.29. The third kappa shape index (κ3) is 3.31. The lowest BCUT2D eigenvalue weighted by atomic mass is 11.2. The molecule has 2 N–H and O–H groups in total. The molecule has 6 heteroatoms. The summed E-state index contributed by atoms with van der Waals surface area (Å²) in [5, 5.41) is 1.89. The molecule has 0 radical (unpaired) electrons. The van der Waals surface area contributed by atoms with Gasteiger partial charge in [-0.3, -0.25) is 5.32 Å². The molecule has 2 unspecified atom stereocenters. The molecule has 2 atom stereocenters. The van der Waals surface area contributed by atoms with Gasteiger partial charge >= 0.3 is 0 Å². The van der Waals surface area contributed by atoms with Crippen LogP contribution in [0.25, 0.3) is 0 Å². The standard InChI is InChI=1S/C2H5ClFNO2S/c3-1-5-2(4)8(6)7/h2,5H,1H2,(H,6,7). The number of rotatable bonds is 3. The van der Waals surface area contributed by atoms with Crippen molar-refractivity contribution in [1.82, 2.24) is 5.32 Å². The minimum Gasteiger partial charge on any atom is -0.303 e. The monoisotopic (exact) mass is 161 g/mol. The van der Waals surface area contributed by atoms with E-state index in [1.54, 1.807) is 0 Å². The third-order valence-corrected chi connectivity index (χ3v) is 1.09. The van der Waals surface area contributed by atoms with Gasteiger partial charge in [0.1, 0.15) is 0 Å². The summed E-state index contributed by atoms with van der Waals surface area (Å²) in [6.07, 6.45) is 0. The van der Waals surface area contributed by atoms with Crippen LogP contribution in [0.3, 0.4) is 0 Å². The fourth-order valence-corrected chi connectivity index (χ4v) is 0.585. The van der Waals surface area contributed by atoms with Gasteiger partial charge in [-0.2, -0.15) is 0 Å². The quantitative estimate of drug-likeness (QED) is 0.354. The van der Waals surface area contributed by atoms with Crippen LogP contribution in [0.15, 0.2) is 0 Å². The van der Waals surface area contributed by atoms with Crippen LogP contribution in [0.1, 0.15) is 0 Å². The second kappa shape index (κ2) is 4.20. The first-order valence-corrected chi connectivity index (χ1v) is 3.42. The molecule has 0 aliphatic rings. The summed E-state index contributed by atoms with van der Waals surface area (Å²) in [6.45, 7) is 0. The van der Waals surface area contributed by atoms with E-state index in [0.717, 1.165) is 0 Å². The van der Waals surface area contributed by atoms with Crippen molar-refractivity contribution in [2.45, 2.75) is 5.63 Å². The van der Waals surface area contributed by atoms with Gasteiger partial charge in [0.15, 0.2) is 0 Å². The van der Waals surface area contributed by atoms with E-state index in [9.17, 15) is 8.60 Å². The smallest absolute Gasteiger partial charge is 0.253 e. The van der Waals surface area contributed by atoms with Crippen molar-refractivity contribution in [2.24, 2.45) is 0 Å². The highest BCUT2D eigenvalue weighted by Crippen LogP contribution is 1.88. The molecule has 0 heterocycles. The summed E-state index contributed by atoms with van der Waals surface area (Å²) in [7, 11) is 0. The van der Waals surface area contributed by atoms with Gasteiger partial charge in [-0.25, -0.2) is 8.60 Å². The molecule has 0 aliphatic carbocycles. The van der Waals surface area contributed by atoms with E-state index in [0.29, 0.717) is 0 Å². The van der Waals surface area contributed by atoms with Crippen molar-refractivity contribution in [1.29, 1.82) is 0 Å². The molecule has 0 rings (SSSR count). The molecule has 0 aromatic carbocycles. The van der Waals surface area contributed by atoms with Crippen LogP contribution in [0.4, 0.5) is 4.39 Å². The molecule has 50 valence electrons. The van der Waals surface area contributed by atoms with Gasteiger partial charge in [0.05, 0.1) is 6.00 Å². The summed E-state index contributed by atoms with van der Waals surface area (Å²) in [5.41, 5.74) is -1.94. The van der Waals surface area contributed by atoms with Gasteiger partial charge in [0, 0.05) is 0 Å². The van der Waals surface area contributed by atoms with E-state index < -0.39 is 16.7 Å². The number of nitrogens with one attached hydrogen (secondary N) is 1. The second-order valence-electron chi connectivity index (χ2n) is 0.930. The van der Waals surface area contributed by atoms with Crippen molar-refractivity contribution < 1.29 is 13.2 Å². The highest BCUT2D eigenvalue weighted by molar-refractivity contribution is 7.79. The molecule has 3 nitrogen and oxygen atoms in total. The Morgan fingerprint density at radius 2 is 2.50 bits per heavy atom. The zero-order chi connectivity index (χ0) is 6.57. The van der Waals surface area contributed by atoms with Crippen LogP contribution in [-0.2, 0) is 11.1 Å². The topological polar surface area (TPSA) is 49.3 Å². The van der Waals surface area contributed by atoms with Crippen LogP contribution >= 0.6 is 11.6 Å². The van der Waals surface area contributed by atoms with E-state index in [1.807, 2.05) is 5.32 Å². The molecule has 0 aliphatic heterocycles. The fourth-order valence-electron chi connectivity index (χ4n) is 0.132. The fraction of sp³-hybridized carbons (Fsp3) is 1.00. The van der Waals surface area contributed by atoms with E-state index in [-0.39, 0.29) is 6.00 Å². The Balaban J connectivity index is 3.32. The lowest BCUT2D eigenvalue weighted by Crippen LogP contribution is -2.27. The molecular formula is C2H5ClFNO2S. The molecule has 0 bridgehead atoms. The van der Waals surface area contributed by atoms with Crippen LogP contribution in [0, 0.1) is 0 Å². The summed E-state index contributed by atoms with van der Waals surface area (Å²) >= 11 is 2.47. The predicted octanol–water partition coefficient (Wildman–Crippen LogP) is 0.247. The van der Waals surface area contributed by atoms with Gasteiger partial charge in [0.2, 0.25) is 11.1 Å². The Hall–Kier alpha value is 0.290. The lowest BCUT2D eigenvalue weighted by Gasteiger charge is -1.99. The molecule has 0 amide bonds. The number of hydrogen-bond acceptors (Lipinski definition) is 2. The van der Waals surface area contributed by atoms with Crippen molar-refractivity contribution in [2.75, 3.05) is 6.00 Å². The second-order valence-corrected chi connectivity index (χ2v) is 2.16. The van der Waals surface area contributed by atoms with Crippen molar-refractivity contribution >= 4 is 22.7 Å². The normalized spacial score (nSPS) is 17.9. The SMILES string of the molecule is O=S(O)C(F)NCCl. The Bertz CT molecular complexity index is 92.1. The highest BCUT2D eigenvalue weighted by atomic mass is 35.5. The van der Waals surface area contributed by atoms with Gasteiger partial charge < -0.3 is 4.55 Å². The first-order chi connectivity index (χ1) is 3.68. The summed E-state index contributed by atoms with van der Waals surface area (Å²) < 4.78 is 29.4. The minimum absolute atomic E-state index is 0.173. The van der Waals surface area contributed by atoms with E-state index >= 15 is 0 Å². The van der Waals surface area contributed by atoms with E-state index in [1.165, 1.54) is 0 Å². The zero-order valence-electron chi connectivity index (χ0n) is 3.80. The maximum absolute atomic E-state index is 11.8. The molecule has 0 aromatic heterocycles. The van der Waals surface area contributed by atoms with Gasteiger partial charge in [-0.15, -0.1) is 11.6 Å². The number of alkyl halides is 2. The Labute approximate surface area is 53.5 Å². The molecule has 0 saturated carbocycles. The molecule has 0 spiro atoms.